The lowest BCUT2D eigenvalue weighted by Crippen LogP contribution is -2.23. The first-order valence-corrected chi connectivity index (χ1v) is 4.77. The zero-order valence-corrected chi connectivity index (χ0v) is 8.68. The van der Waals surface area contributed by atoms with E-state index in [0.717, 1.165) is 12.3 Å². The molecule has 1 atom stereocenters. The average Bonchev–Trinajstić information content (AvgIpc) is 2.03. The largest absolute Gasteiger partial charge is 0.501 e. The maximum Gasteiger partial charge on any atom is 0.0918 e. The Morgan fingerprint density at radius 2 is 2.08 bits per heavy atom. The van der Waals surface area contributed by atoms with Crippen molar-refractivity contribution >= 4 is 0 Å². The number of rotatable bonds is 1. The van der Waals surface area contributed by atoms with Crippen molar-refractivity contribution in [1.82, 2.24) is 0 Å². The molecule has 0 N–H and O–H groups in total. The molecule has 0 amide bonds. The van der Waals surface area contributed by atoms with Gasteiger partial charge in [-0.25, -0.2) is 0 Å². The van der Waals surface area contributed by atoms with E-state index in [9.17, 15) is 0 Å². The second kappa shape index (κ2) is 3.51. The Kier molecular flexibility index (Phi) is 2.81. The third-order valence-electron chi connectivity index (χ3n) is 2.82. The molecule has 0 aromatic heterocycles. The molecule has 0 bridgehead atoms. The van der Waals surface area contributed by atoms with Gasteiger partial charge in [0.25, 0.3) is 0 Å². The molecule has 1 rings (SSSR count). The van der Waals surface area contributed by atoms with Crippen LogP contribution in [-0.4, -0.2) is 7.11 Å². The lowest BCUT2D eigenvalue weighted by atomic mass is 9.74. The van der Waals surface area contributed by atoms with E-state index in [1.165, 1.54) is 18.6 Å². The minimum atomic E-state index is 0.429. The van der Waals surface area contributed by atoms with Crippen LogP contribution in [0.15, 0.2) is 11.8 Å². The molecule has 0 aromatic rings. The van der Waals surface area contributed by atoms with Gasteiger partial charge in [-0.2, -0.15) is 0 Å². The third kappa shape index (κ3) is 2.26. The molecule has 1 aliphatic rings. The van der Waals surface area contributed by atoms with Crippen molar-refractivity contribution in [2.75, 3.05) is 7.11 Å². The molecular weight excluding hydrogens is 148 g/mol. The van der Waals surface area contributed by atoms with E-state index < -0.39 is 0 Å². The fourth-order valence-electron chi connectivity index (χ4n) is 1.78. The van der Waals surface area contributed by atoms with Gasteiger partial charge in [0.1, 0.15) is 0 Å². The van der Waals surface area contributed by atoms with Gasteiger partial charge in [0, 0.05) is 6.42 Å². The van der Waals surface area contributed by atoms with Crippen molar-refractivity contribution in [1.29, 1.82) is 0 Å². The molecule has 0 heterocycles. The maximum atomic E-state index is 5.28. The van der Waals surface area contributed by atoms with E-state index >= 15 is 0 Å². The van der Waals surface area contributed by atoms with Crippen LogP contribution in [0, 0.1) is 11.3 Å². The number of hydrogen-bond acceptors (Lipinski definition) is 1. The van der Waals surface area contributed by atoms with Gasteiger partial charge < -0.3 is 4.74 Å². The van der Waals surface area contributed by atoms with Crippen LogP contribution in [-0.2, 0) is 4.74 Å². The summed E-state index contributed by atoms with van der Waals surface area (Å²) in [6.45, 7) is 6.95. The number of methoxy groups -OCH3 is 1. The summed E-state index contributed by atoms with van der Waals surface area (Å²) in [6.07, 6.45) is 5.85. The molecule has 0 saturated heterocycles. The van der Waals surface area contributed by atoms with Gasteiger partial charge in [-0.15, -0.1) is 0 Å². The molecule has 70 valence electrons. The van der Waals surface area contributed by atoms with Crippen LogP contribution in [0.25, 0.3) is 0 Å². The highest BCUT2D eigenvalue weighted by Gasteiger charge is 2.27. The van der Waals surface area contributed by atoms with Crippen LogP contribution in [0.3, 0.4) is 0 Å². The highest BCUT2D eigenvalue weighted by Crippen LogP contribution is 2.37. The van der Waals surface area contributed by atoms with Gasteiger partial charge in [-0.3, -0.25) is 0 Å². The highest BCUT2D eigenvalue weighted by atomic mass is 16.5. The van der Waals surface area contributed by atoms with Crippen LogP contribution in [0.4, 0.5) is 0 Å². The van der Waals surface area contributed by atoms with Gasteiger partial charge >= 0.3 is 0 Å². The van der Waals surface area contributed by atoms with Crippen LogP contribution in [0.1, 0.15) is 40.0 Å². The molecule has 1 unspecified atom stereocenters. The first-order valence-electron chi connectivity index (χ1n) is 4.77. The third-order valence-corrected chi connectivity index (χ3v) is 2.82. The molecule has 1 heteroatoms. The molecule has 0 aliphatic heterocycles. The van der Waals surface area contributed by atoms with Gasteiger partial charge in [0.15, 0.2) is 0 Å². The second-order valence-corrected chi connectivity index (χ2v) is 4.72. The Morgan fingerprint density at radius 1 is 1.42 bits per heavy atom. The van der Waals surface area contributed by atoms with Gasteiger partial charge in [0.2, 0.25) is 0 Å². The summed E-state index contributed by atoms with van der Waals surface area (Å²) in [7, 11) is 1.77. The van der Waals surface area contributed by atoms with Gasteiger partial charge in [0.05, 0.1) is 12.9 Å². The van der Waals surface area contributed by atoms with E-state index in [1.807, 2.05) is 0 Å². The quantitative estimate of drug-likeness (QED) is 0.583. The second-order valence-electron chi connectivity index (χ2n) is 4.72. The van der Waals surface area contributed by atoms with Crippen molar-refractivity contribution in [3.05, 3.63) is 11.8 Å². The Balaban J connectivity index is 2.57. The molecule has 12 heavy (non-hydrogen) atoms. The Labute approximate surface area is 75.8 Å². The molecule has 0 saturated carbocycles. The Morgan fingerprint density at radius 3 is 2.58 bits per heavy atom. The molecule has 1 nitrogen and oxygen atoms in total. The smallest absolute Gasteiger partial charge is 0.0918 e. The fraction of sp³-hybridized carbons (Fsp3) is 0.818. The van der Waals surface area contributed by atoms with Crippen molar-refractivity contribution in [2.24, 2.45) is 11.3 Å². The van der Waals surface area contributed by atoms with Crippen molar-refractivity contribution in [3.63, 3.8) is 0 Å². The highest BCUT2D eigenvalue weighted by molar-refractivity contribution is 5.01. The Hall–Kier alpha value is -0.460. The van der Waals surface area contributed by atoms with Gasteiger partial charge in [-0.1, -0.05) is 20.8 Å². The summed E-state index contributed by atoms with van der Waals surface area (Å²) >= 11 is 0. The van der Waals surface area contributed by atoms with Crippen molar-refractivity contribution in [3.8, 4) is 0 Å². The van der Waals surface area contributed by atoms with Crippen LogP contribution in [0.2, 0.25) is 0 Å². The van der Waals surface area contributed by atoms with Gasteiger partial charge in [-0.05, 0) is 30.3 Å². The normalized spacial score (nSPS) is 25.0. The fourth-order valence-corrected chi connectivity index (χ4v) is 1.78. The summed E-state index contributed by atoms with van der Waals surface area (Å²) in [5, 5.41) is 0. The zero-order chi connectivity index (χ0) is 9.19. The minimum absolute atomic E-state index is 0.429. The number of ether oxygens (including phenoxy) is 1. The Bertz CT molecular complexity index is 174. The summed E-state index contributed by atoms with van der Waals surface area (Å²) < 4.78 is 5.28. The van der Waals surface area contributed by atoms with Crippen LogP contribution < -0.4 is 0 Å². The molecule has 0 radical (unpaired) electrons. The van der Waals surface area contributed by atoms with Crippen LogP contribution >= 0.6 is 0 Å². The number of allylic oxidation sites excluding steroid dienone is 2. The SMILES string of the molecule is COC1=CCCC(C(C)(C)C)C1. The molecular formula is C11H20O. The van der Waals surface area contributed by atoms with E-state index in [1.54, 1.807) is 7.11 Å². The zero-order valence-electron chi connectivity index (χ0n) is 8.68. The van der Waals surface area contributed by atoms with E-state index in [4.69, 9.17) is 4.74 Å². The predicted octanol–water partition coefficient (Wildman–Crippen LogP) is 3.36. The average molecular weight is 168 g/mol. The molecule has 0 spiro atoms. The van der Waals surface area contributed by atoms with E-state index in [0.29, 0.717) is 5.41 Å². The van der Waals surface area contributed by atoms with Crippen LogP contribution in [0.5, 0.6) is 0 Å². The lowest BCUT2D eigenvalue weighted by molar-refractivity contribution is 0.169. The monoisotopic (exact) mass is 168 g/mol. The molecule has 0 fully saturated rings. The summed E-state index contributed by atoms with van der Waals surface area (Å²) in [5.41, 5.74) is 0.429. The summed E-state index contributed by atoms with van der Waals surface area (Å²) in [6, 6.07) is 0. The standard InChI is InChI=1S/C11H20O/c1-11(2,3)9-6-5-7-10(8-9)12-4/h7,9H,5-6,8H2,1-4H3. The van der Waals surface area contributed by atoms with Crippen molar-refractivity contribution in [2.45, 2.75) is 40.0 Å². The summed E-state index contributed by atoms with van der Waals surface area (Å²) in [5.74, 6) is 1.97. The summed E-state index contributed by atoms with van der Waals surface area (Å²) in [4.78, 5) is 0. The minimum Gasteiger partial charge on any atom is -0.501 e. The molecule has 0 aromatic carbocycles. The first-order chi connectivity index (χ1) is 5.54. The lowest BCUT2D eigenvalue weighted by Gasteiger charge is -2.33. The first kappa shape index (κ1) is 9.63. The topological polar surface area (TPSA) is 9.23 Å². The molecule has 1 aliphatic carbocycles. The number of hydrogen-bond donors (Lipinski definition) is 0. The predicted molar refractivity (Wildman–Crippen MR) is 51.9 cm³/mol. The van der Waals surface area contributed by atoms with E-state index in [2.05, 4.69) is 26.8 Å². The van der Waals surface area contributed by atoms with Crippen molar-refractivity contribution < 1.29 is 4.74 Å². The van der Waals surface area contributed by atoms with E-state index in [-0.39, 0.29) is 0 Å². The maximum absolute atomic E-state index is 5.28.